The van der Waals surface area contributed by atoms with Crippen molar-refractivity contribution in [2.24, 2.45) is 0 Å². The van der Waals surface area contributed by atoms with Crippen LogP contribution in [0.15, 0.2) is 48.5 Å². The van der Waals surface area contributed by atoms with E-state index in [4.69, 9.17) is 16.3 Å². The predicted octanol–water partition coefficient (Wildman–Crippen LogP) is 4.03. The van der Waals surface area contributed by atoms with Crippen LogP contribution in [0, 0.1) is 6.92 Å². The largest absolute Gasteiger partial charge is 0.457 e. The van der Waals surface area contributed by atoms with E-state index in [1.165, 1.54) is 5.56 Å². The number of carbonyl (C=O) groups is 1. The van der Waals surface area contributed by atoms with Crippen molar-refractivity contribution in [3.8, 4) is 11.5 Å². The van der Waals surface area contributed by atoms with E-state index in [2.05, 4.69) is 5.32 Å². The van der Waals surface area contributed by atoms with Crippen molar-refractivity contribution in [3.05, 3.63) is 59.7 Å². The van der Waals surface area contributed by atoms with Gasteiger partial charge in [0, 0.05) is 18.8 Å². The van der Waals surface area contributed by atoms with Crippen molar-refractivity contribution in [2.75, 3.05) is 5.88 Å². The zero-order valence-electron chi connectivity index (χ0n) is 11.9. The summed E-state index contributed by atoms with van der Waals surface area (Å²) >= 11 is 5.51. The van der Waals surface area contributed by atoms with Gasteiger partial charge in [-0.15, -0.1) is 11.6 Å². The van der Waals surface area contributed by atoms with Crippen molar-refractivity contribution in [3.63, 3.8) is 0 Å². The maximum atomic E-state index is 11.3. The number of aryl methyl sites for hydroxylation is 1. The van der Waals surface area contributed by atoms with Crippen LogP contribution in [0.3, 0.4) is 0 Å². The molecular weight excluding hydrogens is 286 g/mol. The van der Waals surface area contributed by atoms with Crippen LogP contribution >= 0.6 is 11.6 Å². The minimum Gasteiger partial charge on any atom is -0.457 e. The zero-order chi connectivity index (χ0) is 15.1. The lowest BCUT2D eigenvalue weighted by Crippen LogP contribution is -2.22. The number of carbonyl (C=O) groups excluding carboxylic acids is 1. The van der Waals surface area contributed by atoms with Crippen molar-refractivity contribution in [1.82, 2.24) is 5.32 Å². The van der Waals surface area contributed by atoms with E-state index in [9.17, 15) is 4.79 Å². The summed E-state index contributed by atoms with van der Waals surface area (Å²) in [6.07, 6.45) is 0.343. The second kappa shape index (κ2) is 7.70. The highest BCUT2D eigenvalue weighted by atomic mass is 35.5. The van der Waals surface area contributed by atoms with Gasteiger partial charge >= 0.3 is 0 Å². The summed E-state index contributed by atoms with van der Waals surface area (Å²) in [7, 11) is 0. The lowest BCUT2D eigenvalue weighted by atomic mass is 10.2. The molecular formula is C17H18ClNO2. The summed E-state index contributed by atoms with van der Waals surface area (Å²) in [6.45, 7) is 2.54. The summed E-state index contributed by atoms with van der Waals surface area (Å²) in [5.41, 5.74) is 2.22. The molecule has 0 radical (unpaired) electrons. The molecule has 2 aromatic carbocycles. The Morgan fingerprint density at radius 1 is 1.05 bits per heavy atom. The Hall–Kier alpha value is -2.00. The minimum atomic E-state index is -0.0371. The van der Waals surface area contributed by atoms with Gasteiger partial charge in [0.25, 0.3) is 0 Å². The van der Waals surface area contributed by atoms with Crippen LogP contribution in [0.25, 0.3) is 0 Å². The van der Waals surface area contributed by atoms with E-state index in [0.717, 1.165) is 17.1 Å². The van der Waals surface area contributed by atoms with Crippen LogP contribution in [0.5, 0.6) is 11.5 Å². The molecule has 0 aliphatic carbocycles. The predicted molar refractivity (Wildman–Crippen MR) is 84.9 cm³/mol. The van der Waals surface area contributed by atoms with Gasteiger partial charge in [-0.05, 0) is 36.8 Å². The lowest BCUT2D eigenvalue weighted by molar-refractivity contribution is -0.120. The molecule has 3 nitrogen and oxygen atoms in total. The molecule has 0 aliphatic rings. The molecule has 0 saturated carbocycles. The molecule has 0 spiro atoms. The molecule has 0 aliphatic heterocycles. The van der Waals surface area contributed by atoms with Crippen molar-refractivity contribution in [1.29, 1.82) is 0 Å². The second-order valence-corrected chi connectivity index (χ2v) is 5.15. The Kier molecular flexibility index (Phi) is 5.64. The summed E-state index contributed by atoms with van der Waals surface area (Å²) < 4.78 is 5.75. The maximum Gasteiger partial charge on any atom is 0.221 e. The van der Waals surface area contributed by atoms with Crippen molar-refractivity contribution >= 4 is 17.5 Å². The van der Waals surface area contributed by atoms with Gasteiger partial charge in [-0.25, -0.2) is 0 Å². The Labute approximate surface area is 129 Å². The molecule has 0 bridgehead atoms. The summed E-state index contributed by atoms with van der Waals surface area (Å²) in [4.78, 5) is 11.3. The third-order valence-electron chi connectivity index (χ3n) is 2.99. The third-order valence-corrected chi connectivity index (χ3v) is 3.18. The van der Waals surface area contributed by atoms with Crippen LogP contribution in [-0.2, 0) is 11.3 Å². The van der Waals surface area contributed by atoms with Gasteiger partial charge in [0.2, 0.25) is 5.91 Å². The molecule has 0 heterocycles. The third kappa shape index (κ3) is 5.12. The fourth-order valence-electron chi connectivity index (χ4n) is 1.79. The molecule has 0 unspecified atom stereocenters. The van der Waals surface area contributed by atoms with E-state index in [1.54, 1.807) is 0 Å². The van der Waals surface area contributed by atoms with Crippen molar-refractivity contribution < 1.29 is 9.53 Å². The number of rotatable bonds is 6. The molecule has 2 rings (SSSR count). The molecule has 4 heteroatoms. The van der Waals surface area contributed by atoms with Gasteiger partial charge in [-0.1, -0.05) is 29.8 Å². The highest BCUT2D eigenvalue weighted by Gasteiger charge is 2.01. The monoisotopic (exact) mass is 303 g/mol. The lowest BCUT2D eigenvalue weighted by Gasteiger charge is -2.08. The number of amides is 1. The van der Waals surface area contributed by atoms with Gasteiger partial charge in [-0.3, -0.25) is 4.79 Å². The zero-order valence-corrected chi connectivity index (χ0v) is 12.7. The average Bonchev–Trinajstić information content (AvgIpc) is 2.49. The summed E-state index contributed by atoms with van der Waals surface area (Å²) in [6, 6.07) is 15.6. The molecule has 1 amide bonds. The van der Waals surface area contributed by atoms with Crippen LogP contribution in [0.4, 0.5) is 0 Å². The van der Waals surface area contributed by atoms with Crippen molar-refractivity contribution in [2.45, 2.75) is 19.9 Å². The van der Waals surface area contributed by atoms with E-state index < -0.39 is 0 Å². The maximum absolute atomic E-state index is 11.3. The van der Waals surface area contributed by atoms with E-state index in [1.807, 2.05) is 55.5 Å². The highest BCUT2D eigenvalue weighted by molar-refractivity contribution is 6.18. The van der Waals surface area contributed by atoms with E-state index >= 15 is 0 Å². The molecule has 0 atom stereocenters. The molecule has 0 aromatic heterocycles. The fourth-order valence-corrected chi connectivity index (χ4v) is 1.96. The molecule has 0 saturated heterocycles. The van der Waals surface area contributed by atoms with Gasteiger partial charge in [0.05, 0.1) is 0 Å². The van der Waals surface area contributed by atoms with Crippen LogP contribution in [-0.4, -0.2) is 11.8 Å². The van der Waals surface area contributed by atoms with Gasteiger partial charge in [0.15, 0.2) is 0 Å². The number of hydrogen-bond donors (Lipinski definition) is 1. The first kappa shape index (κ1) is 15.4. The minimum absolute atomic E-state index is 0.0371. The molecule has 0 fully saturated rings. The van der Waals surface area contributed by atoms with Crippen LogP contribution < -0.4 is 10.1 Å². The number of alkyl halides is 1. The van der Waals surface area contributed by atoms with E-state index in [-0.39, 0.29) is 5.91 Å². The average molecular weight is 304 g/mol. The first-order valence-corrected chi connectivity index (χ1v) is 7.37. The SMILES string of the molecule is Cc1ccc(Oc2ccc(CNC(=O)CCCl)cc2)cc1. The standard InChI is InChI=1S/C17H18ClNO2/c1-13-2-6-15(7-3-13)21-16-8-4-14(5-9-16)12-19-17(20)10-11-18/h2-9H,10-12H2,1H3,(H,19,20). The highest BCUT2D eigenvalue weighted by Crippen LogP contribution is 2.21. The molecule has 110 valence electrons. The Morgan fingerprint density at radius 3 is 2.19 bits per heavy atom. The van der Waals surface area contributed by atoms with Gasteiger partial charge < -0.3 is 10.1 Å². The van der Waals surface area contributed by atoms with Crippen LogP contribution in [0.2, 0.25) is 0 Å². The number of nitrogens with one attached hydrogen (secondary N) is 1. The van der Waals surface area contributed by atoms with E-state index in [0.29, 0.717) is 18.8 Å². The van der Waals surface area contributed by atoms with Gasteiger partial charge in [0.1, 0.15) is 11.5 Å². The normalized spacial score (nSPS) is 10.2. The number of benzene rings is 2. The molecule has 2 aromatic rings. The van der Waals surface area contributed by atoms with Gasteiger partial charge in [-0.2, -0.15) is 0 Å². The summed E-state index contributed by atoms with van der Waals surface area (Å²) in [5, 5.41) is 2.81. The number of ether oxygens (including phenoxy) is 1. The smallest absolute Gasteiger partial charge is 0.221 e. The Balaban J connectivity index is 1.89. The van der Waals surface area contributed by atoms with Crippen LogP contribution in [0.1, 0.15) is 17.5 Å². The first-order valence-electron chi connectivity index (χ1n) is 6.83. The topological polar surface area (TPSA) is 38.3 Å². The summed E-state index contributed by atoms with van der Waals surface area (Å²) in [5.74, 6) is 1.89. The fraction of sp³-hybridized carbons (Fsp3) is 0.235. The Morgan fingerprint density at radius 2 is 1.62 bits per heavy atom. The number of hydrogen-bond acceptors (Lipinski definition) is 2. The Bertz CT molecular complexity index is 579. The second-order valence-electron chi connectivity index (χ2n) is 4.77. The quantitative estimate of drug-likeness (QED) is 0.818. The molecule has 1 N–H and O–H groups in total. The molecule has 21 heavy (non-hydrogen) atoms. The first-order chi connectivity index (χ1) is 10.2. The number of halogens is 1.